The van der Waals surface area contributed by atoms with Crippen LogP contribution < -0.4 is 19.5 Å². The molecule has 2 aromatic heterocycles. The van der Waals surface area contributed by atoms with Gasteiger partial charge >= 0.3 is 0 Å². The molecule has 1 unspecified atom stereocenters. The van der Waals surface area contributed by atoms with Gasteiger partial charge in [-0.05, 0) is 49.9 Å². The van der Waals surface area contributed by atoms with Gasteiger partial charge in [0.25, 0.3) is 0 Å². The largest absolute Gasteiger partial charge is 0.497 e. The number of methoxy groups -OCH3 is 3. The van der Waals surface area contributed by atoms with Gasteiger partial charge in [0, 0.05) is 29.5 Å². The second kappa shape index (κ2) is 9.65. The van der Waals surface area contributed by atoms with Gasteiger partial charge in [-0.25, -0.2) is 9.97 Å². The van der Waals surface area contributed by atoms with E-state index in [9.17, 15) is 5.21 Å². The molecule has 1 aliphatic rings. The van der Waals surface area contributed by atoms with Crippen LogP contribution in [0.25, 0.3) is 16.6 Å². The van der Waals surface area contributed by atoms with Gasteiger partial charge in [-0.2, -0.15) is 4.52 Å². The van der Waals surface area contributed by atoms with E-state index in [1.54, 1.807) is 25.8 Å². The van der Waals surface area contributed by atoms with E-state index in [2.05, 4.69) is 10.5 Å². The van der Waals surface area contributed by atoms with Crippen molar-refractivity contribution in [2.24, 2.45) is 5.16 Å². The molecule has 182 valence electrons. The first-order chi connectivity index (χ1) is 17.1. The first-order valence-electron chi connectivity index (χ1n) is 11.5. The van der Waals surface area contributed by atoms with E-state index in [1.807, 2.05) is 36.4 Å². The Labute approximate surface area is 202 Å². The van der Waals surface area contributed by atoms with Crippen molar-refractivity contribution < 1.29 is 19.4 Å². The fourth-order valence-corrected chi connectivity index (χ4v) is 4.60. The van der Waals surface area contributed by atoms with Crippen LogP contribution in [0.15, 0.2) is 41.6 Å². The lowest BCUT2D eigenvalue weighted by Gasteiger charge is -2.19. The summed E-state index contributed by atoms with van der Waals surface area (Å²) in [6.07, 6.45) is 3.33. The van der Waals surface area contributed by atoms with Crippen molar-refractivity contribution in [3.05, 3.63) is 47.8 Å². The van der Waals surface area contributed by atoms with E-state index in [1.165, 1.54) is 0 Å². The summed E-state index contributed by atoms with van der Waals surface area (Å²) >= 11 is 0. The van der Waals surface area contributed by atoms with E-state index in [4.69, 9.17) is 29.3 Å². The SMILES string of the molecule is COc1ccc(CNc2nc3c(OC)cccc3c3nc(C4CCC/C(=N\O)C4)nn23)c(OC)c1. The van der Waals surface area contributed by atoms with E-state index in [0.717, 1.165) is 41.7 Å². The fraction of sp³-hybridized carbons (Fsp3) is 0.360. The number of oxime groups is 1. The Morgan fingerprint density at radius 1 is 1.09 bits per heavy atom. The third kappa shape index (κ3) is 4.27. The highest BCUT2D eigenvalue weighted by Gasteiger charge is 2.25. The molecule has 1 aliphatic carbocycles. The number of anilines is 1. The Kier molecular flexibility index (Phi) is 6.26. The lowest BCUT2D eigenvalue weighted by atomic mass is 9.87. The maximum atomic E-state index is 9.28. The Hall–Kier alpha value is -4.08. The number of hydrogen-bond donors (Lipinski definition) is 2. The van der Waals surface area contributed by atoms with Crippen LogP contribution >= 0.6 is 0 Å². The normalized spacial score (nSPS) is 17.1. The molecule has 0 saturated heterocycles. The zero-order chi connectivity index (χ0) is 24.4. The highest BCUT2D eigenvalue weighted by molar-refractivity contribution is 5.96. The molecule has 0 aliphatic heterocycles. The van der Waals surface area contributed by atoms with Crippen LogP contribution in [0.3, 0.4) is 0 Å². The average molecular weight is 477 g/mol. The number of nitrogens with zero attached hydrogens (tertiary/aromatic N) is 5. The molecule has 0 radical (unpaired) electrons. The van der Waals surface area contributed by atoms with Crippen molar-refractivity contribution in [3.63, 3.8) is 0 Å². The van der Waals surface area contributed by atoms with Crippen molar-refractivity contribution in [1.29, 1.82) is 0 Å². The number of ether oxygens (including phenoxy) is 3. The van der Waals surface area contributed by atoms with Gasteiger partial charge in [-0.1, -0.05) is 11.2 Å². The summed E-state index contributed by atoms with van der Waals surface area (Å²) in [4.78, 5) is 9.78. The Bertz CT molecular complexity index is 1400. The molecular formula is C25H28N6O4. The van der Waals surface area contributed by atoms with Crippen molar-refractivity contribution in [1.82, 2.24) is 19.6 Å². The number of hydrogen-bond acceptors (Lipinski definition) is 9. The van der Waals surface area contributed by atoms with E-state index in [-0.39, 0.29) is 5.92 Å². The minimum absolute atomic E-state index is 0.0877. The maximum Gasteiger partial charge on any atom is 0.226 e. The van der Waals surface area contributed by atoms with Crippen LogP contribution in [0.5, 0.6) is 17.2 Å². The second-order valence-electron chi connectivity index (χ2n) is 8.49. The topological polar surface area (TPSA) is 115 Å². The summed E-state index contributed by atoms with van der Waals surface area (Å²) < 4.78 is 18.2. The Balaban J connectivity index is 1.58. The quantitative estimate of drug-likeness (QED) is 0.298. The highest BCUT2D eigenvalue weighted by Crippen LogP contribution is 2.33. The molecule has 0 bridgehead atoms. The molecule has 2 N–H and O–H groups in total. The minimum atomic E-state index is 0.0877. The lowest BCUT2D eigenvalue weighted by Crippen LogP contribution is -2.15. The number of para-hydroxylation sites is 1. The summed E-state index contributed by atoms with van der Waals surface area (Å²) in [6, 6.07) is 11.5. The summed E-state index contributed by atoms with van der Waals surface area (Å²) in [7, 11) is 4.89. The van der Waals surface area contributed by atoms with Crippen molar-refractivity contribution in [2.45, 2.75) is 38.1 Å². The third-order valence-corrected chi connectivity index (χ3v) is 6.44. The van der Waals surface area contributed by atoms with Gasteiger partial charge < -0.3 is 24.7 Å². The zero-order valence-corrected chi connectivity index (χ0v) is 20.0. The molecule has 35 heavy (non-hydrogen) atoms. The van der Waals surface area contributed by atoms with Crippen LogP contribution in [-0.4, -0.2) is 51.8 Å². The van der Waals surface area contributed by atoms with Crippen LogP contribution in [-0.2, 0) is 6.54 Å². The van der Waals surface area contributed by atoms with Crippen LogP contribution in [0.4, 0.5) is 5.95 Å². The first-order valence-corrected chi connectivity index (χ1v) is 11.5. The number of benzene rings is 2. The standard InChI is InChI=1S/C25H28N6O4/c1-33-18-11-10-16(21(13-18)35-3)14-26-25-27-22-19(8-5-9-20(22)34-2)24-28-23(29-31(24)25)15-6-4-7-17(12-15)30-32/h5,8-11,13,15,32H,4,6-7,12,14H2,1-3H3,(H,26,27)/b30-17+. The van der Waals surface area contributed by atoms with E-state index < -0.39 is 0 Å². The molecule has 1 saturated carbocycles. The predicted octanol–water partition coefficient (Wildman–Crippen LogP) is 4.40. The summed E-state index contributed by atoms with van der Waals surface area (Å²) in [5, 5.41) is 21.8. The molecule has 5 rings (SSSR count). The third-order valence-electron chi connectivity index (χ3n) is 6.44. The van der Waals surface area contributed by atoms with Gasteiger partial charge in [0.2, 0.25) is 5.95 Å². The molecule has 1 fully saturated rings. The summed E-state index contributed by atoms with van der Waals surface area (Å²) in [6.45, 7) is 0.454. The molecule has 10 heteroatoms. The van der Waals surface area contributed by atoms with Crippen molar-refractivity contribution in [3.8, 4) is 17.2 Å². The smallest absolute Gasteiger partial charge is 0.226 e. The minimum Gasteiger partial charge on any atom is -0.497 e. The molecule has 2 heterocycles. The molecule has 10 nitrogen and oxygen atoms in total. The van der Waals surface area contributed by atoms with Crippen LogP contribution in [0.1, 0.15) is 43.0 Å². The maximum absolute atomic E-state index is 9.28. The monoisotopic (exact) mass is 476 g/mol. The number of nitrogens with one attached hydrogen (secondary N) is 1. The fourth-order valence-electron chi connectivity index (χ4n) is 4.60. The Morgan fingerprint density at radius 2 is 1.94 bits per heavy atom. The van der Waals surface area contributed by atoms with Crippen molar-refractivity contribution >= 4 is 28.2 Å². The summed E-state index contributed by atoms with van der Waals surface area (Å²) in [5.74, 6) is 3.44. The molecular weight excluding hydrogens is 448 g/mol. The number of aromatic nitrogens is 4. The highest BCUT2D eigenvalue weighted by atomic mass is 16.5. The van der Waals surface area contributed by atoms with Gasteiger partial charge in [-0.15, -0.1) is 5.10 Å². The van der Waals surface area contributed by atoms with Gasteiger partial charge in [0.15, 0.2) is 11.5 Å². The van der Waals surface area contributed by atoms with E-state index >= 15 is 0 Å². The van der Waals surface area contributed by atoms with Gasteiger partial charge in [0.1, 0.15) is 22.8 Å². The van der Waals surface area contributed by atoms with Crippen molar-refractivity contribution in [2.75, 3.05) is 26.6 Å². The molecule has 1 atom stereocenters. The number of rotatable bonds is 7. The van der Waals surface area contributed by atoms with Crippen LogP contribution in [0, 0.1) is 0 Å². The number of fused-ring (bicyclic) bond motifs is 3. The van der Waals surface area contributed by atoms with Gasteiger partial charge in [-0.3, -0.25) is 0 Å². The molecule has 4 aromatic rings. The summed E-state index contributed by atoms with van der Waals surface area (Å²) in [5.41, 5.74) is 3.13. The molecule has 2 aromatic carbocycles. The van der Waals surface area contributed by atoms with Gasteiger partial charge in [0.05, 0.1) is 27.0 Å². The Morgan fingerprint density at radius 3 is 2.71 bits per heavy atom. The molecule has 0 spiro atoms. The van der Waals surface area contributed by atoms with Crippen LogP contribution in [0.2, 0.25) is 0 Å². The van der Waals surface area contributed by atoms with E-state index in [0.29, 0.717) is 47.4 Å². The zero-order valence-electron chi connectivity index (χ0n) is 20.0. The average Bonchev–Trinajstić information content (AvgIpc) is 3.37. The second-order valence-corrected chi connectivity index (χ2v) is 8.49. The molecule has 0 amide bonds. The predicted molar refractivity (Wildman–Crippen MR) is 132 cm³/mol. The first kappa shape index (κ1) is 22.7. The lowest BCUT2D eigenvalue weighted by molar-refractivity contribution is 0.313.